The smallest absolute Gasteiger partial charge is 0.337 e. The number of rotatable bonds is 7. The van der Waals surface area contributed by atoms with Crippen LogP contribution in [0, 0.1) is 5.92 Å². The second kappa shape index (κ2) is 10.6. The Morgan fingerprint density at radius 2 is 1.65 bits per heavy atom. The molecule has 4 rings (SSSR count). The van der Waals surface area contributed by atoms with Gasteiger partial charge in [-0.3, -0.25) is 14.4 Å². The predicted octanol–water partition coefficient (Wildman–Crippen LogP) is 3.76. The fourth-order valence-electron chi connectivity index (χ4n) is 4.89. The van der Waals surface area contributed by atoms with E-state index in [1.165, 1.54) is 19.2 Å². The summed E-state index contributed by atoms with van der Waals surface area (Å²) in [5, 5.41) is 0. The van der Waals surface area contributed by atoms with Gasteiger partial charge in [0.25, 0.3) is 5.91 Å². The molecule has 0 radical (unpaired) electrons. The third-order valence-electron chi connectivity index (χ3n) is 6.77. The Morgan fingerprint density at radius 3 is 2.29 bits per heavy atom. The molecule has 0 bridgehead atoms. The molecule has 0 spiro atoms. The monoisotopic (exact) mass is 462 g/mol. The summed E-state index contributed by atoms with van der Waals surface area (Å²) in [7, 11) is 1.29. The van der Waals surface area contributed by atoms with E-state index in [0.717, 1.165) is 42.6 Å². The topological polar surface area (TPSA) is 84.0 Å². The molecule has 7 nitrogen and oxygen atoms in total. The normalized spacial score (nSPS) is 18.7. The van der Waals surface area contributed by atoms with Crippen molar-refractivity contribution in [1.82, 2.24) is 4.90 Å². The van der Waals surface area contributed by atoms with Crippen LogP contribution in [0.5, 0.6) is 0 Å². The molecule has 0 N–H and O–H groups in total. The SMILES string of the molecule is COC(=O)c1ccc(N2C(=O)CC(N(CCc3ccccc3)C(=O)C3CCCCC3)C2=O)cc1. The highest BCUT2D eigenvalue weighted by Crippen LogP contribution is 2.30. The Labute approximate surface area is 199 Å². The van der Waals surface area contributed by atoms with E-state index in [0.29, 0.717) is 24.2 Å². The number of esters is 1. The molecule has 3 amide bonds. The van der Waals surface area contributed by atoms with Crippen LogP contribution in [0.1, 0.15) is 54.4 Å². The van der Waals surface area contributed by atoms with Crippen LogP contribution in [0.15, 0.2) is 54.6 Å². The van der Waals surface area contributed by atoms with E-state index in [2.05, 4.69) is 0 Å². The number of benzene rings is 2. The number of hydrogen-bond donors (Lipinski definition) is 0. The Balaban J connectivity index is 1.56. The van der Waals surface area contributed by atoms with Gasteiger partial charge in [-0.15, -0.1) is 0 Å². The van der Waals surface area contributed by atoms with E-state index >= 15 is 0 Å². The molecular weight excluding hydrogens is 432 g/mol. The van der Waals surface area contributed by atoms with E-state index in [1.807, 2.05) is 30.3 Å². The van der Waals surface area contributed by atoms with Crippen molar-refractivity contribution in [2.75, 3.05) is 18.6 Å². The summed E-state index contributed by atoms with van der Waals surface area (Å²) in [4.78, 5) is 54.4. The third kappa shape index (κ3) is 5.03. The van der Waals surface area contributed by atoms with Gasteiger partial charge in [0.05, 0.1) is 24.8 Å². The van der Waals surface area contributed by atoms with Gasteiger partial charge in [0.1, 0.15) is 6.04 Å². The fraction of sp³-hybridized carbons (Fsp3) is 0.407. The highest BCUT2D eigenvalue weighted by molar-refractivity contribution is 6.23. The van der Waals surface area contributed by atoms with E-state index in [9.17, 15) is 19.2 Å². The first-order valence-electron chi connectivity index (χ1n) is 11.9. The Kier molecular flexibility index (Phi) is 7.40. The van der Waals surface area contributed by atoms with Gasteiger partial charge >= 0.3 is 5.97 Å². The summed E-state index contributed by atoms with van der Waals surface area (Å²) in [6.07, 6.45) is 5.39. The minimum Gasteiger partial charge on any atom is -0.465 e. The molecule has 1 atom stereocenters. The minimum absolute atomic E-state index is 0.0235. The first-order valence-corrected chi connectivity index (χ1v) is 11.9. The van der Waals surface area contributed by atoms with Gasteiger partial charge in [0.15, 0.2) is 0 Å². The van der Waals surface area contributed by atoms with Crippen molar-refractivity contribution >= 4 is 29.4 Å². The van der Waals surface area contributed by atoms with E-state index < -0.39 is 17.9 Å². The van der Waals surface area contributed by atoms with Crippen molar-refractivity contribution in [3.8, 4) is 0 Å². The molecule has 2 aliphatic rings. The van der Waals surface area contributed by atoms with E-state index in [1.54, 1.807) is 17.0 Å². The van der Waals surface area contributed by atoms with Crippen LogP contribution in [-0.4, -0.2) is 48.3 Å². The van der Waals surface area contributed by atoms with Crippen LogP contribution in [0.2, 0.25) is 0 Å². The summed E-state index contributed by atoms with van der Waals surface area (Å²) in [6, 6.07) is 15.2. The lowest BCUT2D eigenvalue weighted by molar-refractivity contribution is -0.142. The standard InChI is InChI=1S/C27H30N2O5/c1-34-27(33)21-12-14-22(15-13-21)29-24(30)18-23(26(29)32)28(17-16-19-8-4-2-5-9-19)25(31)20-10-6-3-7-11-20/h2,4-5,8-9,12-15,20,23H,3,6-7,10-11,16-18H2,1H3. The largest absolute Gasteiger partial charge is 0.465 e. The Hall–Kier alpha value is -3.48. The van der Waals surface area contributed by atoms with Crippen LogP contribution in [0.25, 0.3) is 0 Å². The maximum absolute atomic E-state index is 13.5. The molecule has 178 valence electrons. The number of methoxy groups -OCH3 is 1. The summed E-state index contributed by atoms with van der Waals surface area (Å²) in [5.41, 5.74) is 1.80. The lowest BCUT2D eigenvalue weighted by Crippen LogP contribution is -2.48. The summed E-state index contributed by atoms with van der Waals surface area (Å²) in [6.45, 7) is 0.387. The van der Waals surface area contributed by atoms with Gasteiger partial charge in [-0.25, -0.2) is 9.69 Å². The van der Waals surface area contributed by atoms with E-state index in [-0.39, 0.29) is 24.2 Å². The van der Waals surface area contributed by atoms with Crippen molar-refractivity contribution in [3.63, 3.8) is 0 Å². The maximum Gasteiger partial charge on any atom is 0.337 e. The molecule has 1 heterocycles. The number of anilines is 1. The molecule has 7 heteroatoms. The molecule has 2 aromatic carbocycles. The number of carbonyl (C=O) groups is 4. The van der Waals surface area contributed by atoms with Gasteiger partial charge in [-0.1, -0.05) is 49.6 Å². The van der Waals surface area contributed by atoms with Gasteiger partial charge in [-0.2, -0.15) is 0 Å². The van der Waals surface area contributed by atoms with Crippen molar-refractivity contribution in [3.05, 3.63) is 65.7 Å². The molecule has 1 aliphatic carbocycles. The van der Waals surface area contributed by atoms with Gasteiger partial charge in [0, 0.05) is 12.5 Å². The lowest BCUT2D eigenvalue weighted by Gasteiger charge is -2.32. The average Bonchev–Trinajstić information content (AvgIpc) is 3.18. The molecular formula is C27H30N2O5. The summed E-state index contributed by atoms with van der Waals surface area (Å²) < 4.78 is 4.71. The van der Waals surface area contributed by atoms with Gasteiger partial charge < -0.3 is 9.64 Å². The molecule has 1 saturated carbocycles. The zero-order chi connectivity index (χ0) is 24.1. The maximum atomic E-state index is 13.5. The minimum atomic E-state index is -0.814. The number of nitrogens with zero attached hydrogens (tertiary/aromatic N) is 2. The molecule has 0 aromatic heterocycles. The van der Waals surface area contributed by atoms with E-state index in [4.69, 9.17) is 4.74 Å². The van der Waals surface area contributed by atoms with Crippen LogP contribution < -0.4 is 4.90 Å². The number of amides is 3. The number of hydrogen-bond acceptors (Lipinski definition) is 5. The van der Waals surface area contributed by atoms with Crippen LogP contribution >= 0.6 is 0 Å². The summed E-state index contributed by atoms with van der Waals surface area (Å²) >= 11 is 0. The number of ether oxygens (including phenoxy) is 1. The van der Waals surface area contributed by atoms with Crippen molar-refractivity contribution in [1.29, 1.82) is 0 Å². The Morgan fingerprint density at radius 1 is 0.971 bits per heavy atom. The lowest BCUT2D eigenvalue weighted by atomic mass is 9.87. The number of imide groups is 1. The molecule has 1 saturated heterocycles. The average molecular weight is 463 g/mol. The predicted molar refractivity (Wildman–Crippen MR) is 127 cm³/mol. The van der Waals surface area contributed by atoms with Gasteiger partial charge in [0.2, 0.25) is 11.8 Å². The Bertz CT molecular complexity index is 1040. The fourth-order valence-corrected chi connectivity index (χ4v) is 4.89. The second-order valence-electron chi connectivity index (χ2n) is 8.93. The number of carbonyl (C=O) groups excluding carboxylic acids is 4. The second-order valence-corrected chi connectivity index (χ2v) is 8.93. The van der Waals surface area contributed by atoms with Crippen LogP contribution in [0.4, 0.5) is 5.69 Å². The highest BCUT2D eigenvalue weighted by atomic mass is 16.5. The first-order chi connectivity index (χ1) is 16.5. The van der Waals surface area contributed by atoms with Gasteiger partial charge in [-0.05, 0) is 49.1 Å². The molecule has 2 aromatic rings. The molecule has 1 aliphatic heterocycles. The molecule has 1 unspecified atom stereocenters. The quantitative estimate of drug-likeness (QED) is 0.462. The molecule has 2 fully saturated rings. The van der Waals surface area contributed by atoms with Crippen molar-refractivity contribution in [2.45, 2.75) is 51.0 Å². The van der Waals surface area contributed by atoms with Crippen LogP contribution in [-0.2, 0) is 25.5 Å². The molecule has 34 heavy (non-hydrogen) atoms. The van der Waals surface area contributed by atoms with Crippen molar-refractivity contribution in [2.24, 2.45) is 5.92 Å². The van der Waals surface area contributed by atoms with Crippen LogP contribution in [0.3, 0.4) is 0 Å². The first kappa shape index (κ1) is 23.7. The third-order valence-corrected chi connectivity index (χ3v) is 6.77. The van der Waals surface area contributed by atoms with Crippen molar-refractivity contribution < 1.29 is 23.9 Å². The zero-order valence-electron chi connectivity index (χ0n) is 19.4. The summed E-state index contributed by atoms with van der Waals surface area (Å²) in [5.74, 6) is -1.35. The zero-order valence-corrected chi connectivity index (χ0v) is 19.4. The highest BCUT2D eigenvalue weighted by Gasteiger charge is 2.45.